The van der Waals surface area contributed by atoms with Gasteiger partial charge in [-0.05, 0) is 12.8 Å². The van der Waals surface area contributed by atoms with Gasteiger partial charge in [0.2, 0.25) is 0 Å². The maximum atomic E-state index is 11.4. The number of H-pyrrole nitrogens is 1. The Morgan fingerprint density at radius 3 is 2.60 bits per heavy atom. The summed E-state index contributed by atoms with van der Waals surface area (Å²) in [5.74, 6) is 0.779. The van der Waals surface area contributed by atoms with Crippen molar-refractivity contribution in [1.29, 1.82) is 0 Å². The molecule has 0 saturated carbocycles. The molecular formula is C12H20N2O. The zero-order valence-corrected chi connectivity index (χ0v) is 10.1. The Hall–Kier alpha value is -1.12. The van der Waals surface area contributed by atoms with Crippen LogP contribution >= 0.6 is 0 Å². The van der Waals surface area contributed by atoms with E-state index in [0.717, 1.165) is 30.8 Å². The molecule has 0 fully saturated rings. The molecule has 3 heteroatoms. The maximum Gasteiger partial charge on any atom is 0.251 e. The van der Waals surface area contributed by atoms with Crippen LogP contribution in [0.25, 0.3) is 0 Å². The van der Waals surface area contributed by atoms with Gasteiger partial charge in [0.25, 0.3) is 5.56 Å². The number of rotatable bonds is 3. The molecule has 1 N–H and O–H groups in total. The quantitative estimate of drug-likeness (QED) is 0.829. The second-order valence-electron chi connectivity index (χ2n) is 4.94. The van der Waals surface area contributed by atoms with Gasteiger partial charge in [-0.15, -0.1) is 0 Å². The number of hydrogen-bond donors (Lipinski definition) is 1. The monoisotopic (exact) mass is 208 g/mol. The topological polar surface area (TPSA) is 45.8 Å². The minimum atomic E-state index is -0.0958. The molecule has 0 aromatic carbocycles. The van der Waals surface area contributed by atoms with E-state index in [2.05, 4.69) is 37.7 Å². The summed E-state index contributed by atoms with van der Waals surface area (Å²) < 4.78 is 0. The van der Waals surface area contributed by atoms with Crippen LogP contribution in [0.3, 0.4) is 0 Å². The van der Waals surface area contributed by atoms with Gasteiger partial charge in [-0.3, -0.25) is 4.79 Å². The molecule has 1 heterocycles. The molecule has 0 radical (unpaired) electrons. The minimum absolute atomic E-state index is 0.0407. The van der Waals surface area contributed by atoms with Crippen LogP contribution in [0, 0.1) is 0 Å². The highest BCUT2D eigenvalue weighted by molar-refractivity contribution is 5.08. The van der Waals surface area contributed by atoms with Crippen LogP contribution in [-0.4, -0.2) is 9.97 Å². The third kappa shape index (κ3) is 3.50. The van der Waals surface area contributed by atoms with Gasteiger partial charge >= 0.3 is 0 Å². The summed E-state index contributed by atoms with van der Waals surface area (Å²) in [4.78, 5) is 18.7. The number of nitrogens with zero attached hydrogens (tertiary/aromatic N) is 1. The molecular weight excluding hydrogens is 188 g/mol. The second-order valence-corrected chi connectivity index (χ2v) is 4.94. The molecule has 1 rings (SSSR count). The number of nitrogens with one attached hydrogen (secondary N) is 1. The van der Waals surface area contributed by atoms with Crippen molar-refractivity contribution in [2.24, 2.45) is 0 Å². The van der Waals surface area contributed by atoms with Crippen LogP contribution in [0.5, 0.6) is 0 Å². The van der Waals surface area contributed by atoms with Crippen molar-refractivity contribution in [3.8, 4) is 0 Å². The molecule has 1 aromatic heterocycles. The summed E-state index contributed by atoms with van der Waals surface area (Å²) in [5.41, 5.74) is 0.771. The summed E-state index contributed by atoms with van der Waals surface area (Å²) in [5, 5.41) is 0. The van der Waals surface area contributed by atoms with E-state index in [0.29, 0.717) is 0 Å². The van der Waals surface area contributed by atoms with E-state index in [-0.39, 0.29) is 11.0 Å². The first-order valence-corrected chi connectivity index (χ1v) is 5.54. The highest BCUT2D eigenvalue weighted by atomic mass is 16.1. The molecule has 0 aliphatic carbocycles. The van der Waals surface area contributed by atoms with Gasteiger partial charge in [0.1, 0.15) is 5.82 Å². The van der Waals surface area contributed by atoms with E-state index in [9.17, 15) is 4.79 Å². The smallest absolute Gasteiger partial charge is 0.251 e. The lowest BCUT2D eigenvalue weighted by Gasteiger charge is -2.17. The average Bonchev–Trinajstić information content (AvgIpc) is 2.12. The molecule has 0 spiro atoms. The molecule has 3 nitrogen and oxygen atoms in total. The molecule has 0 atom stereocenters. The predicted molar refractivity (Wildman–Crippen MR) is 62.2 cm³/mol. The molecule has 0 unspecified atom stereocenters. The summed E-state index contributed by atoms with van der Waals surface area (Å²) in [6, 6.07) is 1.60. The summed E-state index contributed by atoms with van der Waals surface area (Å²) in [6.45, 7) is 8.29. The van der Waals surface area contributed by atoms with Crippen LogP contribution in [0.15, 0.2) is 10.9 Å². The Bertz CT molecular complexity index is 374. The Kier molecular flexibility index (Phi) is 3.66. The van der Waals surface area contributed by atoms with Crippen LogP contribution in [0.4, 0.5) is 0 Å². The fourth-order valence-corrected chi connectivity index (χ4v) is 1.35. The Labute approximate surface area is 91.0 Å². The van der Waals surface area contributed by atoms with Crippen LogP contribution in [-0.2, 0) is 11.8 Å². The first-order valence-electron chi connectivity index (χ1n) is 5.54. The van der Waals surface area contributed by atoms with Crippen molar-refractivity contribution in [2.75, 3.05) is 0 Å². The van der Waals surface area contributed by atoms with E-state index in [1.807, 2.05) is 0 Å². The van der Waals surface area contributed by atoms with Crippen molar-refractivity contribution < 1.29 is 0 Å². The van der Waals surface area contributed by atoms with Crippen LogP contribution < -0.4 is 5.56 Å². The van der Waals surface area contributed by atoms with Gasteiger partial charge in [-0.1, -0.05) is 34.1 Å². The Morgan fingerprint density at radius 2 is 2.07 bits per heavy atom. The molecule has 0 saturated heterocycles. The second kappa shape index (κ2) is 4.60. The zero-order chi connectivity index (χ0) is 11.5. The standard InChI is InChI=1S/C12H20N2O/c1-5-6-7-9-8-10(15)14-11(13-9)12(2,3)4/h8H,5-7H2,1-4H3,(H,13,14,15). The van der Waals surface area contributed by atoms with Gasteiger partial charge in [0.05, 0.1) is 0 Å². The van der Waals surface area contributed by atoms with E-state index >= 15 is 0 Å². The number of aromatic amines is 1. The summed E-state index contributed by atoms with van der Waals surface area (Å²) >= 11 is 0. The minimum Gasteiger partial charge on any atom is -0.310 e. The third-order valence-electron chi connectivity index (χ3n) is 2.29. The Morgan fingerprint density at radius 1 is 1.40 bits per heavy atom. The number of aromatic nitrogens is 2. The average molecular weight is 208 g/mol. The summed E-state index contributed by atoms with van der Waals surface area (Å²) in [7, 11) is 0. The van der Waals surface area contributed by atoms with Crippen molar-refractivity contribution in [1.82, 2.24) is 9.97 Å². The van der Waals surface area contributed by atoms with E-state index < -0.39 is 0 Å². The number of unbranched alkanes of at least 4 members (excludes halogenated alkanes) is 1. The van der Waals surface area contributed by atoms with Gasteiger partial charge in [0.15, 0.2) is 0 Å². The highest BCUT2D eigenvalue weighted by Gasteiger charge is 2.17. The normalized spacial score (nSPS) is 11.7. The fraction of sp³-hybridized carbons (Fsp3) is 0.667. The molecule has 0 aliphatic rings. The lowest BCUT2D eigenvalue weighted by molar-refractivity contribution is 0.537. The molecule has 0 amide bonds. The van der Waals surface area contributed by atoms with E-state index in [4.69, 9.17) is 0 Å². The van der Waals surface area contributed by atoms with Gasteiger partial charge < -0.3 is 4.98 Å². The molecule has 1 aromatic rings. The largest absolute Gasteiger partial charge is 0.310 e. The van der Waals surface area contributed by atoms with E-state index in [1.54, 1.807) is 6.07 Å². The van der Waals surface area contributed by atoms with Crippen LogP contribution in [0.1, 0.15) is 52.1 Å². The lowest BCUT2D eigenvalue weighted by Crippen LogP contribution is -2.22. The van der Waals surface area contributed by atoms with Gasteiger partial charge in [-0.2, -0.15) is 0 Å². The predicted octanol–water partition coefficient (Wildman–Crippen LogP) is 2.41. The van der Waals surface area contributed by atoms with E-state index in [1.165, 1.54) is 0 Å². The van der Waals surface area contributed by atoms with Crippen LogP contribution in [0.2, 0.25) is 0 Å². The van der Waals surface area contributed by atoms with Crippen molar-refractivity contribution >= 4 is 0 Å². The first kappa shape index (κ1) is 12.0. The zero-order valence-electron chi connectivity index (χ0n) is 10.1. The molecule has 15 heavy (non-hydrogen) atoms. The summed E-state index contributed by atoms with van der Waals surface area (Å²) in [6.07, 6.45) is 3.10. The maximum absolute atomic E-state index is 11.4. The van der Waals surface area contributed by atoms with Crippen molar-refractivity contribution in [2.45, 2.75) is 52.4 Å². The van der Waals surface area contributed by atoms with Gasteiger partial charge in [0, 0.05) is 17.2 Å². The number of aryl methyl sites for hydroxylation is 1. The Balaban J connectivity index is 3.01. The molecule has 84 valence electrons. The third-order valence-corrected chi connectivity index (χ3v) is 2.29. The lowest BCUT2D eigenvalue weighted by atomic mass is 9.95. The fourth-order valence-electron chi connectivity index (χ4n) is 1.35. The number of hydrogen-bond acceptors (Lipinski definition) is 2. The SMILES string of the molecule is CCCCc1cc(=O)[nH]c(C(C)(C)C)n1. The first-order chi connectivity index (χ1) is 6.93. The molecule has 0 bridgehead atoms. The van der Waals surface area contributed by atoms with Crippen molar-refractivity contribution in [3.05, 3.63) is 27.9 Å². The van der Waals surface area contributed by atoms with Crippen molar-refractivity contribution in [3.63, 3.8) is 0 Å². The highest BCUT2D eigenvalue weighted by Crippen LogP contribution is 2.16. The molecule has 0 aliphatic heterocycles. The van der Waals surface area contributed by atoms with Gasteiger partial charge in [-0.25, -0.2) is 4.98 Å².